The molecule has 0 bridgehead atoms. The third kappa shape index (κ3) is 6.94. The van der Waals surface area contributed by atoms with Gasteiger partial charge in [-0.05, 0) is 45.2 Å². The van der Waals surface area contributed by atoms with Crippen molar-refractivity contribution in [2.24, 2.45) is 16.6 Å². The summed E-state index contributed by atoms with van der Waals surface area (Å²) >= 11 is 6.41. The quantitative estimate of drug-likeness (QED) is 0.659. The Labute approximate surface area is 168 Å². The molecule has 0 aliphatic carbocycles. The number of aryl methyl sites for hydroxylation is 1. The van der Waals surface area contributed by atoms with Gasteiger partial charge in [0.1, 0.15) is 16.6 Å². The van der Waals surface area contributed by atoms with E-state index < -0.39 is 0 Å². The SMILES string of the molecule is CN=C(Cl)/C(CN1CCCCC(NCCC(C)C)C1)=C(\N)c1cc(C)on1. The van der Waals surface area contributed by atoms with Crippen molar-refractivity contribution in [3.8, 4) is 0 Å². The van der Waals surface area contributed by atoms with Crippen LogP contribution < -0.4 is 11.1 Å². The molecule has 2 heterocycles. The van der Waals surface area contributed by atoms with Gasteiger partial charge in [0.25, 0.3) is 0 Å². The van der Waals surface area contributed by atoms with Gasteiger partial charge < -0.3 is 15.6 Å². The van der Waals surface area contributed by atoms with Crippen LogP contribution in [0.5, 0.6) is 0 Å². The van der Waals surface area contributed by atoms with Gasteiger partial charge in [-0.3, -0.25) is 9.89 Å². The number of aliphatic imine (C=N–C) groups is 1. The molecule has 1 aromatic rings. The Balaban J connectivity index is 2.11. The van der Waals surface area contributed by atoms with Crippen LogP contribution in [0.25, 0.3) is 5.70 Å². The van der Waals surface area contributed by atoms with Crippen molar-refractivity contribution < 1.29 is 4.52 Å². The second-order valence-electron chi connectivity index (χ2n) is 7.79. The molecule has 1 atom stereocenters. The first-order chi connectivity index (χ1) is 12.9. The van der Waals surface area contributed by atoms with E-state index in [1.807, 2.05) is 13.0 Å². The van der Waals surface area contributed by atoms with Crippen molar-refractivity contribution in [1.82, 2.24) is 15.4 Å². The molecular weight excluding hydrogens is 362 g/mol. The van der Waals surface area contributed by atoms with E-state index in [0.717, 1.165) is 36.9 Å². The van der Waals surface area contributed by atoms with Crippen LogP contribution in [0, 0.1) is 12.8 Å². The molecule has 1 saturated heterocycles. The first-order valence-corrected chi connectivity index (χ1v) is 10.3. The topological polar surface area (TPSA) is 79.7 Å². The lowest BCUT2D eigenvalue weighted by molar-refractivity contribution is 0.279. The van der Waals surface area contributed by atoms with Gasteiger partial charge in [-0.25, -0.2) is 0 Å². The molecule has 1 fully saturated rings. The summed E-state index contributed by atoms with van der Waals surface area (Å²) in [5.74, 6) is 1.44. The second kappa shape index (κ2) is 10.8. The third-order valence-electron chi connectivity index (χ3n) is 4.97. The zero-order valence-corrected chi connectivity index (χ0v) is 17.9. The molecule has 7 heteroatoms. The predicted octanol–water partition coefficient (Wildman–Crippen LogP) is 3.41. The zero-order chi connectivity index (χ0) is 19.8. The average molecular weight is 396 g/mol. The van der Waals surface area contributed by atoms with E-state index in [1.165, 1.54) is 25.7 Å². The van der Waals surface area contributed by atoms with Crippen molar-refractivity contribution in [2.75, 3.05) is 33.2 Å². The Morgan fingerprint density at radius 3 is 2.89 bits per heavy atom. The van der Waals surface area contributed by atoms with E-state index >= 15 is 0 Å². The Kier molecular flexibility index (Phi) is 8.80. The fraction of sp³-hybridized carbons (Fsp3) is 0.700. The predicted molar refractivity (Wildman–Crippen MR) is 113 cm³/mol. The third-order valence-corrected chi connectivity index (χ3v) is 5.36. The maximum Gasteiger partial charge on any atom is 0.134 e. The van der Waals surface area contributed by atoms with Crippen LogP contribution in [-0.4, -0.2) is 54.5 Å². The first kappa shape index (κ1) is 21.9. The van der Waals surface area contributed by atoms with Gasteiger partial charge in [0, 0.05) is 37.8 Å². The molecule has 6 nitrogen and oxygen atoms in total. The molecule has 2 rings (SSSR count). The molecule has 1 aliphatic heterocycles. The van der Waals surface area contributed by atoms with Crippen molar-refractivity contribution >= 4 is 22.5 Å². The largest absolute Gasteiger partial charge is 0.397 e. The van der Waals surface area contributed by atoms with Crippen molar-refractivity contribution in [3.63, 3.8) is 0 Å². The summed E-state index contributed by atoms with van der Waals surface area (Å²) in [7, 11) is 1.68. The fourth-order valence-electron chi connectivity index (χ4n) is 3.37. The van der Waals surface area contributed by atoms with Crippen LogP contribution in [0.3, 0.4) is 0 Å². The monoisotopic (exact) mass is 395 g/mol. The van der Waals surface area contributed by atoms with E-state index in [-0.39, 0.29) is 0 Å². The van der Waals surface area contributed by atoms with Crippen LogP contribution in [0.15, 0.2) is 21.2 Å². The summed E-state index contributed by atoms with van der Waals surface area (Å²) in [6.45, 7) is 10.1. The van der Waals surface area contributed by atoms with Crippen LogP contribution in [0.4, 0.5) is 0 Å². The van der Waals surface area contributed by atoms with Gasteiger partial charge in [0.05, 0.1) is 5.70 Å². The fourth-order valence-corrected chi connectivity index (χ4v) is 3.54. The highest BCUT2D eigenvalue weighted by Crippen LogP contribution is 2.20. The van der Waals surface area contributed by atoms with E-state index in [9.17, 15) is 0 Å². The number of nitrogens with two attached hydrogens (primary N) is 1. The molecule has 1 aliphatic rings. The highest BCUT2D eigenvalue weighted by Gasteiger charge is 2.22. The van der Waals surface area contributed by atoms with Crippen molar-refractivity contribution in [2.45, 2.75) is 52.5 Å². The average Bonchev–Trinajstić information content (AvgIpc) is 2.94. The number of halogens is 1. The number of aromatic nitrogens is 1. The summed E-state index contributed by atoms with van der Waals surface area (Å²) in [4.78, 5) is 6.58. The minimum absolute atomic E-state index is 0.432. The maximum atomic E-state index is 6.41. The Morgan fingerprint density at radius 2 is 2.26 bits per heavy atom. The molecule has 0 saturated carbocycles. The molecule has 27 heavy (non-hydrogen) atoms. The lowest BCUT2D eigenvalue weighted by Crippen LogP contribution is -2.41. The van der Waals surface area contributed by atoms with Gasteiger partial charge in [-0.2, -0.15) is 0 Å². The number of hydrogen-bond donors (Lipinski definition) is 2. The van der Waals surface area contributed by atoms with Crippen LogP contribution in [0.1, 0.15) is 51.0 Å². The molecule has 152 valence electrons. The van der Waals surface area contributed by atoms with Crippen LogP contribution in [-0.2, 0) is 0 Å². The van der Waals surface area contributed by atoms with Crippen molar-refractivity contribution in [3.05, 3.63) is 23.1 Å². The molecule has 1 unspecified atom stereocenters. The lowest BCUT2D eigenvalue weighted by Gasteiger charge is -2.26. The molecule has 3 N–H and O–H groups in total. The highest BCUT2D eigenvalue weighted by molar-refractivity contribution is 6.70. The van der Waals surface area contributed by atoms with E-state index in [4.69, 9.17) is 21.9 Å². The van der Waals surface area contributed by atoms with Gasteiger partial charge in [0.15, 0.2) is 0 Å². The van der Waals surface area contributed by atoms with Gasteiger partial charge in [-0.1, -0.05) is 37.0 Å². The van der Waals surface area contributed by atoms with E-state index in [2.05, 4.69) is 34.2 Å². The summed E-state index contributed by atoms with van der Waals surface area (Å²) < 4.78 is 5.17. The highest BCUT2D eigenvalue weighted by atomic mass is 35.5. The molecular formula is C20H34ClN5O. The molecule has 0 amide bonds. The van der Waals surface area contributed by atoms with E-state index in [1.54, 1.807) is 7.05 Å². The Bertz CT molecular complexity index is 653. The summed E-state index contributed by atoms with van der Waals surface area (Å²) in [5.41, 5.74) is 8.35. The van der Waals surface area contributed by atoms with Crippen molar-refractivity contribution in [1.29, 1.82) is 0 Å². The van der Waals surface area contributed by atoms with Gasteiger partial charge in [-0.15, -0.1) is 0 Å². The molecule has 0 radical (unpaired) electrons. The Morgan fingerprint density at radius 1 is 1.48 bits per heavy atom. The van der Waals surface area contributed by atoms with Gasteiger partial charge >= 0.3 is 0 Å². The van der Waals surface area contributed by atoms with E-state index in [0.29, 0.717) is 29.1 Å². The normalized spacial score (nSPS) is 20.7. The minimum Gasteiger partial charge on any atom is -0.397 e. The number of rotatable bonds is 8. The number of nitrogens with one attached hydrogen (secondary N) is 1. The van der Waals surface area contributed by atoms with Gasteiger partial charge in [0.2, 0.25) is 0 Å². The number of likely N-dealkylation sites (tertiary alicyclic amines) is 1. The zero-order valence-electron chi connectivity index (χ0n) is 17.1. The smallest absolute Gasteiger partial charge is 0.134 e. The Hall–Kier alpha value is -1.37. The second-order valence-corrected chi connectivity index (χ2v) is 8.15. The summed E-state index contributed by atoms with van der Waals surface area (Å²) in [6, 6.07) is 2.33. The molecule has 1 aromatic heterocycles. The lowest BCUT2D eigenvalue weighted by atomic mass is 10.1. The van der Waals surface area contributed by atoms with Crippen LogP contribution >= 0.6 is 11.6 Å². The van der Waals surface area contributed by atoms with Crippen LogP contribution in [0.2, 0.25) is 0 Å². The maximum absolute atomic E-state index is 6.41. The number of hydrogen-bond acceptors (Lipinski definition) is 6. The minimum atomic E-state index is 0.432. The number of nitrogens with zero attached hydrogens (tertiary/aromatic N) is 3. The molecule has 0 spiro atoms. The molecule has 0 aromatic carbocycles. The summed E-state index contributed by atoms with van der Waals surface area (Å²) in [5, 5.41) is 8.19. The first-order valence-electron chi connectivity index (χ1n) is 9.91. The summed E-state index contributed by atoms with van der Waals surface area (Å²) in [6.07, 6.45) is 4.83. The standard InChI is InChI=1S/C20H34ClN5O/c1-14(2)8-9-24-16-7-5-6-10-26(12-16)13-17(20(21)23-4)19(22)18-11-15(3)27-25-18/h11,14,16,24H,5-10,12-13,22H2,1-4H3/b19-17-,23-20?.